The number of carbonyl (C=O) groups is 1. The van der Waals surface area contributed by atoms with E-state index >= 15 is 0 Å². The first-order valence-electron chi connectivity index (χ1n) is 11.7. The number of amidine groups is 1. The number of aromatic hydroxyl groups is 1. The molecule has 0 unspecified atom stereocenters. The molecular weight excluding hydrogens is 610 g/mol. The van der Waals surface area contributed by atoms with Crippen molar-refractivity contribution >= 4 is 58.1 Å². The highest BCUT2D eigenvalue weighted by molar-refractivity contribution is 14.1. The summed E-state index contributed by atoms with van der Waals surface area (Å²) < 4.78 is 25.8. The first-order chi connectivity index (χ1) is 17.3. The van der Waals surface area contributed by atoms with E-state index in [-0.39, 0.29) is 23.6 Å². The minimum absolute atomic E-state index is 0.157. The van der Waals surface area contributed by atoms with E-state index in [1.54, 1.807) is 36.3 Å². The Kier molecular flexibility index (Phi) is 9.55. The number of ether oxygens (including phenoxy) is 2. The van der Waals surface area contributed by atoms with Gasteiger partial charge < -0.3 is 14.6 Å². The van der Waals surface area contributed by atoms with Crippen LogP contribution in [-0.4, -0.2) is 54.2 Å². The lowest BCUT2D eigenvalue weighted by Crippen LogP contribution is -2.51. The van der Waals surface area contributed by atoms with Gasteiger partial charge in [-0.15, -0.1) is 0 Å². The van der Waals surface area contributed by atoms with E-state index in [1.165, 1.54) is 12.1 Å². The Hall–Kier alpha value is -2.27. The Labute approximate surface area is 236 Å². The first-order valence-corrected chi connectivity index (χ1v) is 13.1. The van der Waals surface area contributed by atoms with Gasteiger partial charge in [0, 0.05) is 17.5 Å². The van der Waals surface area contributed by atoms with E-state index in [2.05, 4.69) is 4.99 Å². The molecule has 2 aromatic carbocycles. The van der Waals surface area contributed by atoms with Crippen LogP contribution in [0, 0.1) is 14.8 Å². The van der Waals surface area contributed by atoms with Gasteiger partial charge in [0.15, 0.2) is 11.6 Å². The quantitative estimate of drug-likeness (QED) is 0.236. The second-order valence-corrected chi connectivity index (χ2v) is 11.9. The Morgan fingerprint density at radius 3 is 2.38 bits per heavy atom. The first kappa shape index (κ1) is 29.3. The van der Waals surface area contributed by atoms with Crippen molar-refractivity contribution in [1.29, 1.82) is 0 Å². The number of hydrogen-bond donors (Lipinski definition) is 1. The summed E-state index contributed by atoms with van der Waals surface area (Å²) in [6, 6.07) is 10.1. The van der Waals surface area contributed by atoms with Crippen molar-refractivity contribution in [2.75, 3.05) is 26.9 Å². The predicted molar refractivity (Wildman–Crippen MR) is 154 cm³/mol. The number of aliphatic imine (C=N–C) groups is 1. The van der Waals surface area contributed by atoms with E-state index < -0.39 is 17.1 Å². The summed E-state index contributed by atoms with van der Waals surface area (Å²) in [4.78, 5) is 19.8. The van der Waals surface area contributed by atoms with Gasteiger partial charge in [-0.1, -0.05) is 43.7 Å². The Morgan fingerprint density at radius 2 is 1.76 bits per heavy atom. The van der Waals surface area contributed by atoms with E-state index in [1.807, 2.05) is 68.5 Å². The molecule has 37 heavy (non-hydrogen) atoms. The Morgan fingerprint density at radius 1 is 1.08 bits per heavy atom. The lowest BCUT2D eigenvalue weighted by molar-refractivity contribution is -0.128. The van der Waals surface area contributed by atoms with Gasteiger partial charge in [-0.2, -0.15) is 0 Å². The van der Waals surface area contributed by atoms with E-state index in [0.717, 1.165) is 5.56 Å². The van der Waals surface area contributed by atoms with Crippen molar-refractivity contribution in [2.24, 2.45) is 10.4 Å². The van der Waals surface area contributed by atoms with E-state index in [4.69, 9.17) is 21.1 Å². The molecule has 9 heteroatoms. The SMILES string of the molecule is COCC(C)(C)COCC(C)(C)N1C(=O)/C(=C/c2cc(F)c(O)c(I)c2)N=C1/C=C/c1ccc(Cl)cc1. The molecule has 6 nitrogen and oxygen atoms in total. The van der Waals surface area contributed by atoms with Gasteiger partial charge in [-0.3, -0.25) is 9.69 Å². The third-order valence-corrected chi connectivity index (χ3v) is 6.69. The number of amides is 1. The van der Waals surface area contributed by atoms with Crippen LogP contribution >= 0.6 is 34.2 Å². The average Bonchev–Trinajstić information content (AvgIpc) is 3.12. The molecule has 0 saturated heterocycles. The Balaban J connectivity index is 1.94. The molecule has 0 bridgehead atoms. The molecule has 0 spiro atoms. The van der Waals surface area contributed by atoms with E-state index in [9.17, 15) is 14.3 Å². The maximum Gasteiger partial charge on any atom is 0.278 e. The smallest absolute Gasteiger partial charge is 0.278 e. The molecule has 1 amide bonds. The van der Waals surface area contributed by atoms with Crippen LogP contribution in [0.5, 0.6) is 5.75 Å². The van der Waals surface area contributed by atoms with Gasteiger partial charge in [0.25, 0.3) is 5.91 Å². The van der Waals surface area contributed by atoms with Gasteiger partial charge >= 0.3 is 0 Å². The number of nitrogens with zero attached hydrogens (tertiary/aromatic N) is 2. The monoisotopic (exact) mass is 640 g/mol. The number of phenols is 1. The molecule has 3 rings (SSSR count). The number of benzene rings is 2. The van der Waals surface area contributed by atoms with Gasteiger partial charge in [-0.05, 0) is 84.0 Å². The summed E-state index contributed by atoms with van der Waals surface area (Å²) in [6.07, 6.45) is 5.13. The highest BCUT2D eigenvalue weighted by Crippen LogP contribution is 2.30. The summed E-state index contributed by atoms with van der Waals surface area (Å²) in [5, 5.41) is 10.4. The molecule has 0 aliphatic carbocycles. The predicted octanol–water partition coefficient (Wildman–Crippen LogP) is 6.55. The van der Waals surface area contributed by atoms with Crippen LogP contribution in [0.2, 0.25) is 5.02 Å². The normalized spacial score (nSPS) is 15.8. The summed E-state index contributed by atoms with van der Waals surface area (Å²) in [5.74, 6) is -1.08. The second-order valence-electron chi connectivity index (χ2n) is 10.3. The summed E-state index contributed by atoms with van der Waals surface area (Å²) >= 11 is 7.84. The van der Waals surface area contributed by atoms with Crippen LogP contribution in [0.3, 0.4) is 0 Å². The molecular formula is C28H31ClFIN2O4. The van der Waals surface area contributed by atoms with Crippen LogP contribution in [0.1, 0.15) is 38.8 Å². The fourth-order valence-corrected chi connectivity index (χ4v) is 4.62. The maximum atomic E-state index is 14.1. The highest BCUT2D eigenvalue weighted by atomic mass is 127. The molecule has 0 aromatic heterocycles. The lowest BCUT2D eigenvalue weighted by atomic mass is 9.96. The summed E-state index contributed by atoms with van der Waals surface area (Å²) in [5.41, 5.74) is 0.543. The molecule has 198 valence electrons. The fraction of sp³-hybridized carbons (Fsp3) is 0.357. The lowest BCUT2D eigenvalue weighted by Gasteiger charge is -2.36. The average molecular weight is 641 g/mol. The second kappa shape index (κ2) is 12.1. The zero-order valence-corrected chi connectivity index (χ0v) is 24.4. The van der Waals surface area contributed by atoms with Crippen molar-refractivity contribution < 1.29 is 23.8 Å². The van der Waals surface area contributed by atoms with Crippen LogP contribution in [0.15, 0.2) is 53.2 Å². The number of carbonyl (C=O) groups excluding carboxylic acids is 1. The zero-order chi connectivity index (χ0) is 27.4. The Bertz CT molecular complexity index is 1220. The summed E-state index contributed by atoms with van der Waals surface area (Å²) in [7, 11) is 1.65. The molecule has 1 aliphatic heterocycles. The summed E-state index contributed by atoms with van der Waals surface area (Å²) in [6.45, 7) is 9.17. The minimum Gasteiger partial charge on any atom is -0.504 e. The molecule has 1 aliphatic rings. The molecule has 0 radical (unpaired) electrons. The third kappa shape index (κ3) is 7.63. The van der Waals surface area contributed by atoms with Crippen molar-refractivity contribution in [3.8, 4) is 5.75 Å². The number of phenolic OH excluding ortho intramolecular Hbond substituents is 1. The maximum absolute atomic E-state index is 14.1. The van der Waals surface area contributed by atoms with Crippen molar-refractivity contribution in [2.45, 2.75) is 33.2 Å². The molecule has 0 atom stereocenters. The largest absolute Gasteiger partial charge is 0.504 e. The molecule has 0 saturated carbocycles. The van der Waals surface area contributed by atoms with E-state index in [0.29, 0.717) is 33.2 Å². The van der Waals surface area contributed by atoms with Crippen LogP contribution in [-0.2, 0) is 14.3 Å². The van der Waals surface area contributed by atoms with Crippen molar-refractivity contribution in [1.82, 2.24) is 4.90 Å². The number of halogens is 3. The highest BCUT2D eigenvalue weighted by Gasteiger charge is 2.40. The third-order valence-electron chi connectivity index (χ3n) is 5.61. The molecule has 1 N–H and O–H groups in total. The minimum atomic E-state index is -0.764. The van der Waals surface area contributed by atoms with Crippen LogP contribution < -0.4 is 0 Å². The topological polar surface area (TPSA) is 71.4 Å². The number of rotatable bonds is 10. The zero-order valence-electron chi connectivity index (χ0n) is 21.5. The fourth-order valence-electron chi connectivity index (χ4n) is 3.88. The van der Waals surface area contributed by atoms with Crippen LogP contribution in [0.25, 0.3) is 12.2 Å². The number of methoxy groups -OCH3 is 1. The molecule has 1 heterocycles. The van der Waals surface area contributed by atoms with Gasteiger partial charge in [0.05, 0.1) is 28.9 Å². The van der Waals surface area contributed by atoms with Gasteiger partial charge in [0.1, 0.15) is 11.5 Å². The van der Waals surface area contributed by atoms with Gasteiger partial charge in [-0.25, -0.2) is 9.38 Å². The molecule has 0 fully saturated rings. The van der Waals surface area contributed by atoms with Crippen LogP contribution in [0.4, 0.5) is 4.39 Å². The standard InChI is InChI=1S/C28H31ClFIN2O4/c1-27(2,15-36-5)16-37-17-28(3,4)33-24(11-8-18-6-9-20(29)10-7-18)32-23(26(33)35)14-19-12-21(30)25(34)22(31)13-19/h6-14,34H,15-17H2,1-5H3/b11-8+,23-14-. The van der Waals surface area contributed by atoms with Gasteiger partial charge in [0.2, 0.25) is 0 Å². The van der Waals surface area contributed by atoms with Crippen molar-refractivity contribution in [3.63, 3.8) is 0 Å². The number of hydrogen-bond acceptors (Lipinski definition) is 5. The molecule has 2 aromatic rings. The van der Waals surface area contributed by atoms with Crippen molar-refractivity contribution in [3.05, 3.63) is 73.7 Å².